The van der Waals surface area contributed by atoms with Gasteiger partial charge in [0.2, 0.25) is 0 Å². The molecule has 5 N–H and O–H groups in total. The molecule has 1 amide bonds. The van der Waals surface area contributed by atoms with Crippen LogP contribution < -0.4 is 11.1 Å². The summed E-state index contributed by atoms with van der Waals surface area (Å²) in [5.41, 5.74) is 4.65. The van der Waals surface area contributed by atoms with E-state index in [1.165, 1.54) is 26.2 Å². The van der Waals surface area contributed by atoms with E-state index in [4.69, 9.17) is 5.11 Å². The van der Waals surface area contributed by atoms with Crippen LogP contribution in [0.15, 0.2) is 18.2 Å². The predicted molar refractivity (Wildman–Crippen MR) is 53.3 cm³/mol. The Labute approximate surface area is 82.2 Å². The molecule has 0 spiro atoms. The van der Waals surface area contributed by atoms with Crippen LogP contribution in [-0.2, 0) is 0 Å². The molecule has 0 bridgehead atoms. The number of nitrogens with two attached hydrogens (primary N) is 1. The minimum absolute atomic E-state index is 0.0693. The summed E-state index contributed by atoms with van der Waals surface area (Å²) in [7, 11) is 2.97. The van der Waals surface area contributed by atoms with Crippen LogP contribution in [0.1, 0.15) is 10.4 Å². The number of hydrogen-bond donors (Lipinski definition) is 4. The Morgan fingerprint density at radius 1 is 1.36 bits per heavy atom. The molecule has 0 saturated heterocycles. The van der Waals surface area contributed by atoms with Crippen LogP contribution in [0.2, 0.25) is 0 Å². The zero-order valence-electron chi connectivity index (χ0n) is 8.11. The van der Waals surface area contributed by atoms with Crippen molar-refractivity contribution in [1.82, 2.24) is 5.32 Å². The summed E-state index contributed by atoms with van der Waals surface area (Å²) in [6, 6.07) is 3.80. The summed E-state index contributed by atoms with van der Waals surface area (Å²) in [6.45, 7) is 0. The molecule has 78 valence electrons. The third-order valence-corrected chi connectivity index (χ3v) is 1.45. The van der Waals surface area contributed by atoms with Gasteiger partial charge in [-0.05, 0) is 19.2 Å². The maximum atomic E-state index is 11.0. The lowest BCUT2D eigenvalue weighted by Gasteiger charge is -2.02. The van der Waals surface area contributed by atoms with Crippen LogP contribution in [0.25, 0.3) is 0 Å². The van der Waals surface area contributed by atoms with Crippen molar-refractivity contribution in [2.24, 2.45) is 5.73 Å². The number of nitrogens with one attached hydrogen (secondary N) is 1. The van der Waals surface area contributed by atoms with E-state index in [2.05, 4.69) is 11.1 Å². The first kappa shape index (κ1) is 12.2. The number of rotatable bonds is 1. The zero-order chi connectivity index (χ0) is 11.1. The highest BCUT2D eigenvalue weighted by atomic mass is 16.3. The van der Waals surface area contributed by atoms with Gasteiger partial charge in [-0.2, -0.15) is 0 Å². The molecule has 14 heavy (non-hydrogen) atoms. The number of phenols is 2. The molecular formula is C9H14N2O3. The Kier molecular flexibility index (Phi) is 5.09. The molecule has 0 saturated carbocycles. The smallest absolute Gasteiger partial charge is 0.254 e. The first-order valence-corrected chi connectivity index (χ1v) is 3.97. The highest BCUT2D eigenvalue weighted by molar-refractivity contribution is 5.96. The molecule has 0 aliphatic heterocycles. The molecule has 0 aromatic heterocycles. The van der Waals surface area contributed by atoms with Crippen molar-refractivity contribution >= 4 is 5.91 Å². The first-order valence-electron chi connectivity index (χ1n) is 3.97. The standard InChI is InChI=1S/C8H9NO3.CH5N/c1-9-8(12)6-3-2-5(10)4-7(6)11;1-2/h2-4,10-11H,1H3,(H,9,12);2H2,1H3. The van der Waals surface area contributed by atoms with Gasteiger partial charge in [0.1, 0.15) is 11.5 Å². The van der Waals surface area contributed by atoms with Crippen LogP contribution in [0.5, 0.6) is 11.5 Å². The molecule has 1 rings (SSSR count). The Morgan fingerprint density at radius 2 is 1.93 bits per heavy atom. The highest BCUT2D eigenvalue weighted by Crippen LogP contribution is 2.21. The van der Waals surface area contributed by atoms with E-state index in [0.29, 0.717) is 0 Å². The number of aromatic hydroxyl groups is 2. The first-order chi connectivity index (χ1) is 6.65. The minimum atomic E-state index is -0.382. The molecule has 0 heterocycles. The van der Waals surface area contributed by atoms with Crippen molar-refractivity contribution in [2.45, 2.75) is 0 Å². The van der Waals surface area contributed by atoms with E-state index >= 15 is 0 Å². The van der Waals surface area contributed by atoms with Crippen molar-refractivity contribution in [3.05, 3.63) is 23.8 Å². The van der Waals surface area contributed by atoms with E-state index in [-0.39, 0.29) is 23.0 Å². The maximum Gasteiger partial charge on any atom is 0.254 e. The molecule has 1 aromatic carbocycles. The van der Waals surface area contributed by atoms with Crippen molar-refractivity contribution in [3.63, 3.8) is 0 Å². The topological polar surface area (TPSA) is 95.6 Å². The van der Waals surface area contributed by atoms with Gasteiger partial charge >= 0.3 is 0 Å². The van der Waals surface area contributed by atoms with Gasteiger partial charge in [0.15, 0.2) is 0 Å². The second-order valence-corrected chi connectivity index (χ2v) is 2.28. The monoisotopic (exact) mass is 198 g/mol. The number of hydrogen-bond acceptors (Lipinski definition) is 4. The highest BCUT2D eigenvalue weighted by Gasteiger charge is 2.08. The second kappa shape index (κ2) is 5.82. The number of amides is 1. The van der Waals surface area contributed by atoms with Crippen molar-refractivity contribution in [1.29, 1.82) is 0 Å². The lowest BCUT2D eigenvalue weighted by molar-refractivity contribution is 0.0960. The normalized spacial score (nSPS) is 8.50. The van der Waals surface area contributed by atoms with Gasteiger partial charge in [-0.15, -0.1) is 0 Å². The van der Waals surface area contributed by atoms with E-state index in [0.717, 1.165) is 6.07 Å². The average molecular weight is 198 g/mol. The number of carbonyl (C=O) groups is 1. The fraction of sp³-hybridized carbons (Fsp3) is 0.222. The molecule has 0 aliphatic rings. The lowest BCUT2D eigenvalue weighted by Crippen LogP contribution is -2.17. The Morgan fingerprint density at radius 3 is 2.36 bits per heavy atom. The molecule has 0 radical (unpaired) electrons. The molecular weight excluding hydrogens is 184 g/mol. The van der Waals surface area contributed by atoms with Crippen LogP contribution in [0, 0.1) is 0 Å². The average Bonchev–Trinajstić information content (AvgIpc) is 2.20. The van der Waals surface area contributed by atoms with Gasteiger partial charge in [-0.1, -0.05) is 0 Å². The summed E-state index contributed by atoms with van der Waals surface area (Å²) >= 11 is 0. The van der Waals surface area contributed by atoms with E-state index < -0.39 is 0 Å². The molecule has 0 unspecified atom stereocenters. The number of carbonyl (C=O) groups excluding carboxylic acids is 1. The summed E-state index contributed by atoms with van der Waals surface area (Å²) in [4.78, 5) is 11.0. The van der Waals surface area contributed by atoms with E-state index in [9.17, 15) is 9.90 Å². The third kappa shape index (κ3) is 2.95. The van der Waals surface area contributed by atoms with Crippen molar-refractivity contribution in [2.75, 3.05) is 14.1 Å². The Bertz CT molecular complexity index is 313. The molecule has 0 aliphatic carbocycles. The van der Waals surface area contributed by atoms with Gasteiger partial charge in [0.25, 0.3) is 5.91 Å². The van der Waals surface area contributed by atoms with Crippen LogP contribution >= 0.6 is 0 Å². The summed E-state index contributed by atoms with van der Waals surface area (Å²) in [5, 5.41) is 20.4. The third-order valence-electron chi connectivity index (χ3n) is 1.45. The van der Waals surface area contributed by atoms with Crippen molar-refractivity contribution in [3.8, 4) is 11.5 Å². The van der Waals surface area contributed by atoms with Gasteiger partial charge < -0.3 is 21.3 Å². The summed E-state index contributed by atoms with van der Waals surface area (Å²) in [5.74, 6) is -0.679. The fourth-order valence-corrected chi connectivity index (χ4v) is 0.847. The van der Waals surface area contributed by atoms with Crippen molar-refractivity contribution < 1.29 is 15.0 Å². The zero-order valence-corrected chi connectivity index (χ0v) is 8.11. The largest absolute Gasteiger partial charge is 0.508 e. The van der Waals surface area contributed by atoms with Gasteiger partial charge in [-0.3, -0.25) is 4.79 Å². The van der Waals surface area contributed by atoms with Gasteiger partial charge in [0, 0.05) is 13.1 Å². The molecule has 5 nitrogen and oxygen atoms in total. The van der Waals surface area contributed by atoms with E-state index in [1.54, 1.807) is 0 Å². The van der Waals surface area contributed by atoms with Gasteiger partial charge in [-0.25, -0.2) is 0 Å². The van der Waals surface area contributed by atoms with Crippen LogP contribution in [-0.4, -0.2) is 30.2 Å². The molecule has 1 aromatic rings. The van der Waals surface area contributed by atoms with Crippen LogP contribution in [0.4, 0.5) is 0 Å². The quantitative estimate of drug-likeness (QED) is 0.512. The minimum Gasteiger partial charge on any atom is -0.508 e. The molecule has 0 fully saturated rings. The predicted octanol–water partition coefficient (Wildman–Crippen LogP) is 0.0323. The second-order valence-electron chi connectivity index (χ2n) is 2.28. The summed E-state index contributed by atoms with van der Waals surface area (Å²) in [6.07, 6.45) is 0. The Hall–Kier alpha value is -1.75. The maximum absolute atomic E-state index is 11.0. The summed E-state index contributed by atoms with van der Waals surface area (Å²) < 4.78 is 0. The lowest BCUT2D eigenvalue weighted by atomic mass is 10.2. The molecule has 0 atom stereocenters. The number of benzene rings is 1. The van der Waals surface area contributed by atoms with E-state index in [1.807, 2.05) is 0 Å². The fourth-order valence-electron chi connectivity index (χ4n) is 0.847. The number of phenolic OH excluding ortho intramolecular Hbond substituents is 2. The van der Waals surface area contributed by atoms with Crippen LogP contribution in [0.3, 0.4) is 0 Å². The molecule has 5 heteroatoms. The SMILES string of the molecule is CN.CNC(=O)c1ccc(O)cc1O. The van der Waals surface area contributed by atoms with Gasteiger partial charge in [0.05, 0.1) is 5.56 Å². The Balaban J connectivity index is 0.000000791.